The van der Waals surface area contributed by atoms with Crippen molar-refractivity contribution >= 4 is 11.9 Å². The second-order valence-electron chi connectivity index (χ2n) is 7.08. The van der Waals surface area contributed by atoms with Gasteiger partial charge in [-0.05, 0) is 49.8 Å². The summed E-state index contributed by atoms with van der Waals surface area (Å²) in [5, 5.41) is 6.26. The number of aliphatic imine (C=N–C) groups is 1. The van der Waals surface area contributed by atoms with Crippen molar-refractivity contribution in [1.29, 1.82) is 0 Å². The average Bonchev–Trinajstić information content (AvgIpc) is 2.58. The number of hydrogen-bond donors (Lipinski definition) is 2. The number of rotatable bonds is 5. The first-order valence-corrected chi connectivity index (χ1v) is 9.43. The van der Waals surface area contributed by atoms with E-state index >= 15 is 0 Å². The molecule has 0 spiro atoms. The van der Waals surface area contributed by atoms with Crippen LogP contribution < -0.4 is 10.6 Å². The van der Waals surface area contributed by atoms with E-state index in [2.05, 4.69) is 36.3 Å². The van der Waals surface area contributed by atoms with Gasteiger partial charge in [0.25, 0.3) is 5.91 Å². The summed E-state index contributed by atoms with van der Waals surface area (Å²) in [7, 11) is 0. The number of carbonyl (C=O) groups is 1. The van der Waals surface area contributed by atoms with Crippen LogP contribution in [0.25, 0.3) is 0 Å². The molecule has 138 valence electrons. The first-order valence-electron chi connectivity index (χ1n) is 9.43. The topological polar surface area (TPSA) is 56.7 Å². The lowest BCUT2D eigenvalue weighted by molar-refractivity contribution is 0.0955. The van der Waals surface area contributed by atoms with Gasteiger partial charge < -0.3 is 15.5 Å². The molecule has 0 aromatic heterocycles. The summed E-state index contributed by atoms with van der Waals surface area (Å²) in [5.41, 5.74) is 1.75. The summed E-state index contributed by atoms with van der Waals surface area (Å²) in [6, 6.07) is 7.72. The number of likely N-dealkylation sites (tertiary alicyclic amines) is 1. The van der Waals surface area contributed by atoms with Gasteiger partial charge in [0.2, 0.25) is 0 Å². The minimum absolute atomic E-state index is 0.0288. The lowest BCUT2D eigenvalue weighted by atomic mass is 9.92. The molecule has 2 unspecified atom stereocenters. The Morgan fingerprint density at radius 1 is 1.16 bits per heavy atom. The van der Waals surface area contributed by atoms with Crippen LogP contribution in [-0.2, 0) is 6.54 Å². The Morgan fingerprint density at radius 2 is 1.84 bits per heavy atom. The molecule has 1 heterocycles. The van der Waals surface area contributed by atoms with E-state index in [-0.39, 0.29) is 5.91 Å². The number of piperidine rings is 1. The summed E-state index contributed by atoms with van der Waals surface area (Å²) >= 11 is 0. The van der Waals surface area contributed by atoms with E-state index in [0.717, 1.165) is 31.2 Å². The minimum atomic E-state index is -0.0288. The first kappa shape index (κ1) is 19.3. The van der Waals surface area contributed by atoms with E-state index in [9.17, 15) is 4.79 Å². The van der Waals surface area contributed by atoms with Crippen LogP contribution in [0.3, 0.4) is 0 Å². The Labute approximate surface area is 151 Å². The zero-order valence-electron chi connectivity index (χ0n) is 16.0. The number of carbonyl (C=O) groups excluding carboxylic acids is 1. The number of benzene rings is 1. The molecular weight excluding hydrogens is 312 g/mol. The normalized spacial score (nSPS) is 21.1. The summed E-state index contributed by atoms with van der Waals surface area (Å²) in [6.45, 7) is 12.8. The lowest BCUT2D eigenvalue weighted by Gasteiger charge is -2.37. The van der Waals surface area contributed by atoms with Gasteiger partial charge in [0, 0.05) is 31.7 Å². The lowest BCUT2D eigenvalue weighted by Crippen LogP contribution is -2.48. The molecule has 0 aliphatic carbocycles. The highest BCUT2D eigenvalue weighted by Gasteiger charge is 2.23. The van der Waals surface area contributed by atoms with Gasteiger partial charge in [0.05, 0.1) is 6.54 Å². The maximum absolute atomic E-state index is 12.0. The van der Waals surface area contributed by atoms with Crippen molar-refractivity contribution in [2.24, 2.45) is 16.8 Å². The molecule has 0 radical (unpaired) electrons. The van der Waals surface area contributed by atoms with Crippen LogP contribution in [0.15, 0.2) is 29.3 Å². The van der Waals surface area contributed by atoms with Crippen LogP contribution in [-0.4, -0.2) is 42.9 Å². The molecule has 2 N–H and O–H groups in total. The molecule has 0 bridgehead atoms. The van der Waals surface area contributed by atoms with E-state index in [4.69, 9.17) is 4.99 Å². The molecule has 1 aromatic carbocycles. The Hall–Kier alpha value is -2.04. The molecular formula is C20H32N4O. The highest BCUT2D eigenvalue weighted by molar-refractivity contribution is 5.94. The van der Waals surface area contributed by atoms with Crippen molar-refractivity contribution < 1.29 is 4.79 Å². The van der Waals surface area contributed by atoms with E-state index < -0.39 is 0 Å². The van der Waals surface area contributed by atoms with Crippen molar-refractivity contribution in [1.82, 2.24) is 15.5 Å². The molecule has 1 aromatic rings. The summed E-state index contributed by atoms with van der Waals surface area (Å²) in [4.78, 5) is 19.2. The second kappa shape index (κ2) is 9.44. The average molecular weight is 345 g/mol. The minimum Gasteiger partial charge on any atom is -0.357 e. The SMILES string of the molecule is CCNC(=O)c1cccc(CN=C(NCC)N2CC(C)CC(C)C2)c1. The largest absolute Gasteiger partial charge is 0.357 e. The molecule has 2 atom stereocenters. The van der Waals surface area contributed by atoms with Gasteiger partial charge in [-0.25, -0.2) is 4.99 Å². The van der Waals surface area contributed by atoms with E-state index in [1.54, 1.807) is 0 Å². The third-order valence-corrected chi connectivity index (χ3v) is 4.44. The number of nitrogens with one attached hydrogen (secondary N) is 2. The predicted octanol–water partition coefficient (Wildman–Crippen LogP) is 2.88. The molecule has 1 saturated heterocycles. The highest BCUT2D eigenvalue weighted by atomic mass is 16.1. The number of nitrogens with zero attached hydrogens (tertiary/aromatic N) is 2. The summed E-state index contributed by atoms with van der Waals surface area (Å²) in [5.74, 6) is 2.32. The fraction of sp³-hybridized carbons (Fsp3) is 0.600. The molecule has 5 heteroatoms. The molecule has 5 nitrogen and oxygen atoms in total. The van der Waals surface area contributed by atoms with Crippen LogP contribution in [0.2, 0.25) is 0 Å². The van der Waals surface area contributed by atoms with Gasteiger partial charge in [-0.1, -0.05) is 26.0 Å². The van der Waals surface area contributed by atoms with Gasteiger partial charge in [-0.15, -0.1) is 0 Å². The quantitative estimate of drug-likeness (QED) is 0.638. The maximum Gasteiger partial charge on any atom is 0.251 e. The molecule has 25 heavy (non-hydrogen) atoms. The Bertz CT molecular complexity index is 589. The monoisotopic (exact) mass is 344 g/mol. The van der Waals surface area contributed by atoms with Crippen LogP contribution in [0.1, 0.15) is 50.0 Å². The fourth-order valence-corrected chi connectivity index (χ4v) is 3.50. The number of amides is 1. The van der Waals surface area contributed by atoms with Crippen LogP contribution >= 0.6 is 0 Å². The molecule has 1 aliphatic heterocycles. The first-order chi connectivity index (χ1) is 12.0. The number of hydrogen-bond acceptors (Lipinski definition) is 2. The molecule has 1 fully saturated rings. The fourth-order valence-electron chi connectivity index (χ4n) is 3.50. The van der Waals surface area contributed by atoms with Gasteiger partial charge in [0.15, 0.2) is 5.96 Å². The Balaban J connectivity index is 2.10. The third kappa shape index (κ3) is 5.76. The van der Waals surface area contributed by atoms with E-state index in [1.165, 1.54) is 6.42 Å². The van der Waals surface area contributed by atoms with Crippen molar-refractivity contribution in [3.05, 3.63) is 35.4 Å². The molecule has 1 aliphatic rings. The standard InChI is InChI=1S/C20H32N4O/c1-5-21-19(25)18-9-7-8-17(11-18)12-23-20(22-6-2)24-13-15(3)10-16(4)14-24/h7-9,11,15-16H,5-6,10,12-14H2,1-4H3,(H,21,25)(H,22,23). The zero-order valence-corrected chi connectivity index (χ0v) is 16.0. The van der Waals surface area contributed by atoms with Gasteiger partial charge >= 0.3 is 0 Å². The molecule has 1 amide bonds. The summed E-state index contributed by atoms with van der Waals surface area (Å²) < 4.78 is 0. The number of guanidine groups is 1. The zero-order chi connectivity index (χ0) is 18.2. The van der Waals surface area contributed by atoms with E-state index in [1.807, 2.05) is 31.2 Å². The van der Waals surface area contributed by atoms with Crippen molar-refractivity contribution in [2.75, 3.05) is 26.2 Å². The summed E-state index contributed by atoms with van der Waals surface area (Å²) in [6.07, 6.45) is 1.28. The van der Waals surface area contributed by atoms with Gasteiger partial charge in [0.1, 0.15) is 0 Å². The van der Waals surface area contributed by atoms with Gasteiger partial charge in [-0.2, -0.15) is 0 Å². The van der Waals surface area contributed by atoms with Crippen LogP contribution in [0.4, 0.5) is 0 Å². The van der Waals surface area contributed by atoms with Crippen LogP contribution in [0.5, 0.6) is 0 Å². The van der Waals surface area contributed by atoms with Crippen LogP contribution in [0, 0.1) is 11.8 Å². The molecule has 2 rings (SSSR count). The van der Waals surface area contributed by atoms with Crippen molar-refractivity contribution in [3.63, 3.8) is 0 Å². The predicted molar refractivity (Wildman–Crippen MR) is 104 cm³/mol. The smallest absolute Gasteiger partial charge is 0.251 e. The maximum atomic E-state index is 12.0. The van der Waals surface area contributed by atoms with Crippen molar-refractivity contribution in [3.8, 4) is 0 Å². The Morgan fingerprint density at radius 3 is 2.48 bits per heavy atom. The third-order valence-electron chi connectivity index (χ3n) is 4.44. The van der Waals surface area contributed by atoms with E-state index in [0.29, 0.717) is 30.5 Å². The Kier molecular flexibility index (Phi) is 7.29. The molecule has 0 saturated carbocycles. The second-order valence-corrected chi connectivity index (χ2v) is 7.08. The van der Waals surface area contributed by atoms with Gasteiger partial charge in [-0.3, -0.25) is 4.79 Å². The highest BCUT2D eigenvalue weighted by Crippen LogP contribution is 2.21. The van der Waals surface area contributed by atoms with Crippen molar-refractivity contribution in [2.45, 2.75) is 40.7 Å².